The van der Waals surface area contributed by atoms with Crippen molar-refractivity contribution in [1.82, 2.24) is 0 Å². The highest BCUT2D eigenvalue weighted by molar-refractivity contribution is 5.44. The van der Waals surface area contributed by atoms with Crippen LogP contribution in [-0.2, 0) is 4.79 Å². The first kappa shape index (κ1) is 11.8. The molecule has 5 heteroatoms. The molecule has 0 radical (unpaired) electrons. The molecule has 0 aliphatic carbocycles. The molecule has 1 aromatic rings. The van der Waals surface area contributed by atoms with Crippen LogP contribution in [0.1, 0.15) is 11.6 Å². The summed E-state index contributed by atoms with van der Waals surface area (Å²) in [4.78, 5) is 13.5. The number of hydrogen-bond donors (Lipinski definition) is 0. The summed E-state index contributed by atoms with van der Waals surface area (Å²) in [6, 6.07) is 5.91. The van der Waals surface area contributed by atoms with E-state index in [1.807, 2.05) is 6.07 Å². The lowest BCUT2D eigenvalue weighted by Gasteiger charge is -2.08. The Bertz CT molecular complexity index is 437. The first-order valence-electron chi connectivity index (χ1n) is 4.44. The van der Waals surface area contributed by atoms with Crippen LogP contribution in [0.4, 0.5) is 0 Å². The van der Waals surface area contributed by atoms with Crippen LogP contribution >= 0.6 is 0 Å². The molecule has 0 saturated carbocycles. The highest BCUT2D eigenvalue weighted by Gasteiger charge is 2.11. The van der Waals surface area contributed by atoms with E-state index in [0.29, 0.717) is 17.1 Å². The third kappa shape index (κ3) is 2.59. The third-order valence-corrected chi connectivity index (χ3v) is 1.99. The van der Waals surface area contributed by atoms with Crippen molar-refractivity contribution in [3.63, 3.8) is 0 Å². The van der Waals surface area contributed by atoms with Gasteiger partial charge in [0.25, 0.3) is 0 Å². The van der Waals surface area contributed by atoms with E-state index in [1.54, 1.807) is 18.2 Å². The zero-order chi connectivity index (χ0) is 12.0. The van der Waals surface area contributed by atoms with E-state index in [1.165, 1.54) is 20.3 Å². The van der Waals surface area contributed by atoms with Crippen molar-refractivity contribution in [2.75, 3.05) is 14.2 Å². The molecule has 0 N–H and O–H groups in total. The van der Waals surface area contributed by atoms with Gasteiger partial charge in [0.15, 0.2) is 6.04 Å². The van der Waals surface area contributed by atoms with Gasteiger partial charge in [-0.15, -0.1) is 0 Å². The number of nitrogens with zero attached hydrogens (tertiary/aromatic N) is 2. The van der Waals surface area contributed by atoms with Crippen LogP contribution in [0.15, 0.2) is 23.2 Å². The highest BCUT2D eigenvalue weighted by Crippen LogP contribution is 2.27. The van der Waals surface area contributed by atoms with Crippen molar-refractivity contribution < 1.29 is 14.3 Å². The average Bonchev–Trinajstić information content (AvgIpc) is 2.35. The predicted octanol–water partition coefficient (Wildman–Crippen LogP) is 1.60. The number of aliphatic imine (C=N–C) groups is 1. The fraction of sp³-hybridized carbons (Fsp3) is 0.273. The molecule has 0 amide bonds. The molecule has 0 saturated heterocycles. The van der Waals surface area contributed by atoms with Crippen LogP contribution in [-0.4, -0.2) is 20.3 Å². The first-order valence-corrected chi connectivity index (χ1v) is 4.44. The molecule has 5 nitrogen and oxygen atoms in total. The molecule has 0 aliphatic heterocycles. The molecule has 0 spiro atoms. The number of isocyanates is 1. The monoisotopic (exact) mass is 218 g/mol. The van der Waals surface area contributed by atoms with E-state index in [2.05, 4.69) is 4.99 Å². The Morgan fingerprint density at radius 1 is 1.25 bits per heavy atom. The number of nitriles is 1. The Morgan fingerprint density at radius 2 is 1.81 bits per heavy atom. The van der Waals surface area contributed by atoms with Gasteiger partial charge in [-0.25, -0.2) is 4.79 Å². The minimum absolute atomic E-state index is 0.530. The van der Waals surface area contributed by atoms with Gasteiger partial charge in [-0.2, -0.15) is 10.3 Å². The summed E-state index contributed by atoms with van der Waals surface area (Å²) in [5, 5.41) is 8.83. The van der Waals surface area contributed by atoms with Gasteiger partial charge >= 0.3 is 0 Å². The summed E-state index contributed by atoms with van der Waals surface area (Å²) >= 11 is 0. The molecule has 1 unspecified atom stereocenters. The molecule has 0 aliphatic rings. The summed E-state index contributed by atoms with van der Waals surface area (Å²) < 4.78 is 10.1. The minimum atomic E-state index is -0.888. The standard InChI is InChI=1S/C11H10N2O3/c1-15-9-3-8(4-10(5-9)16-2)11(6-12)13-7-14/h3-5,11H,1-2H3. The van der Waals surface area contributed by atoms with E-state index in [-0.39, 0.29) is 0 Å². The first-order chi connectivity index (χ1) is 7.74. The lowest BCUT2D eigenvalue weighted by atomic mass is 10.1. The van der Waals surface area contributed by atoms with Crippen molar-refractivity contribution in [1.29, 1.82) is 5.26 Å². The van der Waals surface area contributed by atoms with Crippen molar-refractivity contribution in [3.05, 3.63) is 23.8 Å². The number of hydrogen-bond acceptors (Lipinski definition) is 5. The van der Waals surface area contributed by atoms with Crippen LogP contribution < -0.4 is 9.47 Å². The molecule has 16 heavy (non-hydrogen) atoms. The molecule has 0 bridgehead atoms. The molecule has 0 heterocycles. The Labute approximate surface area is 92.9 Å². The molecular weight excluding hydrogens is 208 g/mol. The number of ether oxygens (including phenoxy) is 2. The van der Waals surface area contributed by atoms with Gasteiger partial charge in [0, 0.05) is 6.07 Å². The zero-order valence-corrected chi connectivity index (χ0v) is 8.93. The van der Waals surface area contributed by atoms with E-state index >= 15 is 0 Å². The minimum Gasteiger partial charge on any atom is -0.497 e. The lowest BCUT2D eigenvalue weighted by molar-refractivity contribution is 0.393. The van der Waals surface area contributed by atoms with Crippen LogP contribution in [0.3, 0.4) is 0 Å². The maximum absolute atomic E-state index is 10.2. The zero-order valence-electron chi connectivity index (χ0n) is 8.93. The van der Waals surface area contributed by atoms with Crippen molar-refractivity contribution in [2.24, 2.45) is 4.99 Å². The number of benzene rings is 1. The second-order valence-corrected chi connectivity index (χ2v) is 2.90. The van der Waals surface area contributed by atoms with E-state index in [4.69, 9.17) is 14.7 Å². The maximum atomic E-state index is 10.2. The van der Waals surface area contributed by atoms with E-state index < -0.39 is 6.04 Å². The molecule has 1 rings (SSSR count). The van der Waals surface area contributed by atoms with Crippen molar-refractivity contribution in [3.8, 4) is 17.6 Å². The largest absolute Gasteiger partial charge is 0.497 e. The molecule has 82 valence electrons. The Balaban J connectivity index is 3.21. The fourth-order valence-electron chi connectivity index (χ4n) is 1.22. The predicted molar refractivity (Wildman–Crippen MR) is 56.0 cm³/mol. The Hall–Kier alpha value is -2.31. The van der Waals surface area contributed by atoms with Gasteiger partial charge in [-0.1, -0.05) is 0 Å². The molecule has 1 aromatic carbocycles. The lowest BCUT2D eigenvalue weighted by Crippen LogP contribution is -1.95. The molecular formula is C11H10N2O3. The Kier molecular flexibility index (Phi) is 4.07. The van der Waals surface area contributed by atoms with Gasteiger partial charge in [0.2, 0.25) is 6.08 Å². The van der Waals surface area contributed by atoms with Crippen LogP contribution in [0.5, 0.6) is 11.5 Å². The van der Waals surface area contributed by atoms with Gasteiger partial charge in [0.05, 0.1) is 20.3 Å². The Morgan fingerprint density at radius 3 is 2.19 bits per heavy atom. The van der Waals surface area contributed by atoms with Gasteiger partial charge < -0.3 is 9.47 Å². The maximum Gasteiger partial charge on any atom is 0.236 e. The van der Waals surface area contributed by atoms with Gasteiger partial charge in [-0.3, -0.25) is 0 Å². The summed E-state index contributed by atoms with van der Waals surface area (Å²) in [5.41, 5.74) is 0.530. The topological polar surface area (TPSA) is 71.7 Å². The van der Waals surface area contributed by atoms with Crippen molar-refractivity contribution in [2.45, 2.75) is 6.04 Å². The summed E-state index contributed by atoms with van der Waals surface area (Å²) in [6.45, 7) is 0. The fourth-order valence-corrected chi connectivity index (χ4v) is 1.22. The summed E-state index contributed by atoms with van der Waals surface area (Å²) in [7, 11) is 3.01. The van der Waals surface area contributed by atoms with Gasteiger partial charge in [0.1, 0.15) is 11.5 Å². The normalized spacial score (nSPS) is 10.8. The van der Waals surface area contributed by atoms with E-state index in [9.17, 15) is 4.79 Å². The van der Waals surface area contributed by atoms with Crippen LogP contribution in [0.25, 0.3) is 0 Å². The second-order valence-electron chi connectivity index (χ2n) is 2.90. The molecule has 0 aromatic heterocycles. The van der Waals surface area contributed by atoms with Crippen LogP contribution in [0, 0.1) is 11.3 Å². The van der Waals surface area contributed by atoms with Crippen LogP contribution in [0.2, 0.25) is 0 Å². The van der Waals surface area contributed by atoms with Gasteiger partial charge in [-0.05, 0) is 17.7 Å². The quantitative estimate of drug-likeness (QED) is 0.568. The number of carbonyl (C=O) groups excluding carboxylic acids is 1. The highest BCUT2D eigenvalue weighted by atomic mass is 16.5. The summed E-state index contributed by atoms with van der Waals surface area (Å²) in [5.74, 6) is 1.08. The third-order valence-electron chi connectivity index (χ3n) is 1.99. The average molecular weight is 218 g/mol. The summed E-state index contributed by atoms with van der Waals surface area (Å²) in [6.07, 6.45) is 1.36. The van der Waals surface area contributed by atoms with Crippen molar-refractivity contribution >= 4 is 6.08 Å². The SMILES string of the molecule is COc1cc(OC)cc(C(C#N)N=C=O)c1. The molecule has 0 fully saturated rings. The number of rotatable bonds is 4. The second kappa shape index (κ2) is 5.54. The molecule has 1 atom stereocenters. The smallest absolute Gasteiger partial charge is 0.236 e. The van der Waals surface area contributed by atoms with E-state index in [0.717, 1.165) is 0 Å². The number of methoxy groups -OCH3 is 2.